The first-order valence-electron chi connectivity index (χ1n) is 5.34. The Morgan fingerprint density at radius 2 is 1.88 bits per heavy atom. The van der Waals surface area contributed by atoms with Gasteiger partial charge in [-0.3, -0.25) is 4.79 Å². The number of Topliss-reactive ketones (excluding diaryl/α,β-unsaturated/α-hetero) is 1. The summed E-state index contributed by atoms with van der Waals surface area (Å²) in [5, 5.41) is 0. The maximum absolute atomic E-state index is 13.7. The lowest BCUT2D eigenvalue weighted by Crippen LogP contribution is -2.15. The molecule has 0 heterocycles. The molecule has 0 bridgehead atoms. The number of aryl methyl sites for hydroxylation is 1. The summed E-state index contributed by atoms with van der Waals surface area (Å²) >= 11 is 1.38. The molecule has 0 aromatic heterocycles. The molecule has 0 amide bonds. The number of ketones is 1. The van der Waals surface area contributed by atoms with Crippen LogP contribution in [0.15, 0.2) is 12.1 Å². The van der Waals surface area contributed by atoms with Crippen LogP contribution in [0.25, 0.3) is 0 Å². The fourth-order valence-electron chi connectivity index (χ4n) is 1.27. The average Bonchev–Trinajstić information content (AvgIpc) is 2.20. The van der Waals surface area contributed by atoms with Gasteiger partial charge in [-0.2, -0.15) is 0 Å². The smallest absolute Gasteiger partial charge is 0.178 e. The van der Waals surface area contributed by atoms with E-state index < -0.39 is 23.0 Å². The molecule has 0 aliphatic rings. The minimum Gasteiger partial charge on any atom is -0.293 e. The number of benzene rings is 1. The molecule has 0 saturated heterocycles. The number of halogens is 2. The van der Waals surface area contributed by atoms with Crippen molar-refractivity contribution in [1.29, 1.82) is 0 Å². The van der Waals surface area contributed by atoms with Crippen molar-refractivity contribution in [2.45, 2.75) is 32.4 Å². The van der Waals surface area contributed by atoms with E-state index >= 15 is 0 Å². The molecule has 0 atom stereocenters. The first-order valence-corrected chi connectivity index (χ1v) is 6.32. The average molecular weight is 258 g/mol. The van der Waals surface area contributed by atoms with Gasteiger partial charge < -0.3 is 0 Å². The number of carbonyl (C=O) groups excluding carboxylic acids is 1. The molecule has 0 unspecified atom stereocenters. The van der Waals surface area contributed by atoms with Gasteiger partial charge in [0.25, 0.3) is 0 Å². The number of hydrogen-bond donors (Lipinski definition) is 0. The number of rotatable bonds is 3. The van der Waals surface area contributed by atoms with Gasteiger partial charge in [-0.1, -0.05) is 26.8 Å². The van der Waals surface area contributed by atoms with Gasteiger partial charge in [-0.25, -0.2) is 8.78 Å². The Morgan fingerprint density at radius 1 is 1.29 bits per heavy atom. The molecule has 0 aliphatic heterocycles. The fourth-order valence-corrected chi connectivity index (χ4v) is 1.97. The molecule has 17 heavy (non-hydrogen) atoms. The van der Waals surface area contributed by atoms with Gasteiger partial charge in [0.05, 0.1) is 11.3 Å². The summed E-state index contributed by atoms with van der Waals surface area (Å²) in [6.45, 7) is 7.37. The lowest BCUT2D eigenvalue weighted by Gasteiger charge is -2.17. The Kier molecular flexibility index (Phi) is 4.31. The molecule has 1 aromatic rings. The van der Waals surface area contributed by atoms with E-state index in [4.69, 9.17) is 0 Å². The summed E-state index contributed by atoms with van der Waals surface area (Å²) in [5.41, 5.74) is -0.128. The first kappa shape index (κ1) is 14.2. The maximum atomic E-state index is 13.7. The Hall–Kier alpha value is -0.900. The summed E-state index contributed by atoms with van der Waals surface area (Å²) in [7, 11) is 0. The van der Waals surface area contributed by atoms with Gasteiger partial charge in [0.15, 0.2) is 5.78 Å². The van der Waals surface area contributed by atoms with Crippen LogP contribution in [0.4, 0.5) is 8.78 Å². The Bertz CT molecular complexity index is 436. The molecule has 0 aliphatic carbocycles. The topological polar surface area (TPSA) is 17.1 Å². The van der Waals surface area contributed by atoms with E-state index in [9.17, 15) is 13.6 Å². The molecule has 0 N–H and O–H groups in total. The summed E-state index contributed by atoms with van der Waals surface area (Å²) in [6, 6.07) is 2.46. The zero-order valence-corrected chi connectivity index (χ0v) is 11.3. The van der Waals surface area contributed by atoms with E-state index in [2.05, 4.69) is 0 Å². The highest BCUT2D eigenvalue weighted by atomic mass is 32.2. The molecule has 0 spiro atoms. The predicted octanol–water partition coefficient (Wildman–Crippen LogP) is 3.99. The second kappa shape index (κ2) is 5.17. The first-order chi connectivity index (χ1) is 7.72. The lowest BCUT2D eigenvalue weighted by atomic mass is 10.1. The highest BCUT2D eigenvalue weighted by molar-refractivity contribution is 8.01. The van der Waals surface area contributed by atoms with Crippen LogP contribution in [0, 0.1) is 18.6 Å². The van der Waals surface area contributed by atoms with Crippen LogP contribution in [0.5, 0.6) is 0 Å². The zero-order valence-electron chi connectivity index (χ0n) is 10.4. The second-order valence-electron chi connectivity index (χ2n) is 4.88. The fraction of sp³-hybridized carbons (Fsp3) is 0.462. The van der Waals surface area contributed by atoms with Crippen molar-refractivity contribution < 1.29 is 13.6 Å². The Balaban J connectivity index is 2.93. The van der Waals surface area contributed by atoms with Crippen LogP contribution < -0.4 is 0 Å². The Morgan fingerprint density at radius 3 is 2.41 bits per heavy atom. The minimum absolute atomic E-state index is 0.0841. The van der Waals surface area contributed by atoms with E-state index in [1.54, 1.807) is 0 Å². The SMILES string of the molecule is Cc1ccc(F)c(C(=O)CSC(C)(C)C)c1F. The third kappa shape index (κ3) is 3.80. The summed E-state index contributed by atoms with van der Waals surface area (Å²) in [4.78, 5) is 11.8. The van der Waals surface area contributed by atoms with Crippen LogP contribution in [0.3, 0.4) is 0 Å². The van der Waals surface area contributed by atoms with E-state index in [1.807, 2.05) is 20.8 Å². The maximum Gasteiger partial charge on any atom is 0.178 e. The van der Waals surface area contributed by atoms with Gasteiger partial charge in [-0.05, 0) is 18.6 Å². The van der Waals surface area contributed by atoms with Crippen molar-refractivity contribution >= 4 is 17.5 Å². The number of carbonyl (C=O) groups is 1. The normalized spacial score (nSPS) is 11.6. The molecule has 1 nitrogen and oxygen atoms in total. The molecule has 94 valence electrons. The van der Waals surface area contributed by atoms with E-state index in [0.717, 1.165) is 6.07 Å². The quantitative estimate of drug-likeness (QED) is 0.763. The molecule has 0 radical (unpaired) electrons. The van der Waals surface area contributed by atoms with Crippen molar-refractivity contribution in [3.8, 4) is 0 Å². The number of hydrogen-bond acceptors (Lipinski definition) is 2. The Labute approximate surface area is 105 Å². The van der Waals surface area contributed by atoms with Crippen molar-refractivity contribution in [1.82, 2.24) is 0 Å². The molecular formula is C13H16F2OS. The van der Waals surface area contributed by atoms with Gasteiger partial charge in [0.1, 0.15) is 11.6 Å². The van der Waals surface area contributed by atoms with Crippen molar-refractivity contribution in [3.05, 3.63) is 34.9 Å². The van der Waals surface area contributed by atoms with Crippen molar-refractivity contribution in [2.24, 2.45) is 0 Å². The minimum atomic E-state index is -0.785. The monoisotopic (exact) mass is 258 g/mol. The van der Waals surface area contributed by atoms with Gasteiger partial charge >= 0.3 is 0 Å². The zero-order chi connectivity index (χ0) is 13.2. The third-order valence-electron chi connectivity index (χ3n) is 2.20. The lowest BCUT2D eigenvalue weighted by molar-refractivity contribution is 0.101. The van der Waals surface area contributed by atoms with Crippen LogP contribution >= 0.6 is 11.8 Å². The largest absolute Gasteiger partial charge is 0.293 e. The van der Waals surface area contributed by atoms with Crippen LogP contribution in [0.2, 0.25) is 0 Å². The summed E-state index contributed by atoms with van der Waals surface area (Å²) in [6.07, 6.45) is 0. The molecular weight excluding hydrogens is 242 g/mol. The standard InChI is InChI=1S/C13H16F2OS/c1-8-5-6-9(14)11(12(8)15)10(16)7-17-13(2,3)4/h5-6H,7H2,1-4H3. The van der Waals surface area contributed by atoms with Gasteiger partial charge in [-0.15, -0.1) is 11.8 Å². The molecule has 1 aromatic carbocycles. The summed E-state index contributed by atoms with van der Waals surface area (Å²) in [5.74, 6) is -1.94. The van der Waals surface area contributed by atoms with E-state index in [0.29, 0.717) is 0 Å². The van der Waals surface area contributed by atoms with Gasteiger partial charge in [0.2, 0.25) is 0 Å². The molecule has 1 rings (SSSR count). The molecule has 0 saturated carbocycles. The van der Waals surface area contributed by atoms with Crippen LogP contribution in [0.1, 0.15) is 36.7 Å². The van der Waals surface area contributed by atoms with Crippen LogP contribution in [-0.4, -0.2) is 16.3 Å². The summed E-state index contributed by atoms with van der Waals surface area (Å²) < 4.78 is 27.0. The highest BCUT2D eigenvalue weighted by Crippen LogP contribution is 2.25. The van der Waals surface area contributed by atoms with Crippen molar-refractivity contribution in [3.63, 3.8) is 0 Å². The molecule has 0 fully saturated rings. The van der Waals surface area contributed by atoms with Crippen LogP contribution in [-0.2, 0) is 0 Å². The number of thioether (sulfide) groups is 1. The molecule has 4 heteroatoms. The van der Waals surface area contributed by atoms with E-state index in [-0.39, 0.29) is 16.1 Å². The third-order valence-corrected chi connectivity index (χ3v) is 3.47. The highest BCUT2D eigenvalue weighted by Gasteiger charge is 2.21. The van der Waals surface area contributed by atoms with Gasteiger partial charge in [0, 0.05) is 4.75 Å². The van der Waals surface area contributed by atoms with Crippen molar-refractivity contribution in [2.75, 3.05) is 5.75 Å². The van der Waals surface area contributed by atoms with E-state index in [1.165, 1.54) is 24.8 Å². The second-order valence-corrected chi connectivity index (χ2v) is 6.68. The predicted molar refractivity (Wildman–Crippen MR) is 67.6 cm³/mol.